The molecule has 4 rings (SSSR count). The number of hydrogen-bond acceptors (Lipinski definition) is 6. The Kier molecular flexibility index (Phi) is 12.2. The third kappa shape index (κ3) is 9.22. The van der Waals surface area contributed by atoms with Gasteiger partial charge < -0.3 is 20.6 Å². The molecule has 0 spiro atoms. The maximum Gasteiger partial charge on any atom is 0.253 e. The highest BCUT2D eigenvalue weighted by molar-refractivity contribution is 7.89. The van der Waals surface area contributed by atoms with Crippen LogP contribution in [0.25, 0.3) is 0 Å². The van der Waals surface area contributed by atoms with Gasteiger partial charge in [-0.3, -0.25) is 9.59 Å². The van der Waals surface area contributed by atoms with Crippen molar-refractivity contribution in [3.63, 3.8) is 0 Å². The largest absolute Gasteiger partial charge is 0.389 e. The monoisotopic (exact) mass is 670 g/mol. The lowest BCUT2D eigenvalue weighted by atomic mass is 9.94. The molecule has 254 valence electrons. The van der Waals surface area contributed by atoms with E-state index in [2.05, 4.69) is 10.6 Å². The van der Waals surface area contributed by atoms with Crippen molar-refractivity contribution < 1.29 is 31.9 Å². The van der Waals surface area contributed by atoms with Gasteiger partial charge in [0, 0.05) is 56.0 Å². The van der Waals surface area contributed by atoms with Crippen LogP contribution in [0.3, 0.4) is 0 Å². The zero-order chi connectivity index (χ0) is 34.3. The number of rotatable bonds is 13. The molecule has 1 heterocycles. The van der Waals surface area contributed by atoms with Gasteiger partial charge in [0.05, 0.1) is 17.0 Å². The highest BCUT2D eigenvalue weighted by Crippen LogP contribution is 2.22. The molecule has 3 aromatic carbocycles. The van der Waals surface area contributed by atoms with Crippen molar-refractivity contribution in [2.24, 2.45) is 0 Å². The number of piperazine rings is 1. The standard InChI is InChI=1S/C35H44F2N4O5S/c1-5-11-40(12-6-2)35(44)27-15-24(4)14-26(20-27)34(43)39-31(19-25-17-28(36)21-29(37)18-25)33(42)32-22-41(13-10-38-32)47(45,46)30-9-7-8-23(3)16-30/h7-9,14-18,20-21,31-33,38,42H,5-6,10-13,19,22H2,1-4H3,(H,39,43)/t31-,32+,33?/m0/s1. The lowest BCUT2D eigenvalue weighted by molar-refractivity contribution is 0.0600. The second kappa shape index (κ2) is 15.9. The van der Waals surface area contributed by atoms with Crippen LogP contribution < -0.4 is 10.6 Å². The number of carbonyl (C=O) groups is 2. The number of sulfonamides is 1. The van der Waals surface area contributed by atoms with Gasteiger partial charge in [-0.1, -0.05) is 26.0 Å². The van der Waals surface area contributed by atoms with Gasteiger partial charge in [-0.05, 0) is 92.3 Å². The van der Waals surface area contributed by atoms with Gasteiger partial charge in [-0.2, -0.15) is 4.31 Å². The van der Waals surface area contributed by atoms with Crippen LogP contribution in [-0.4, -0.2) is 85.5 Å². The maximum absolute atomic E-state index is 14.2. The minimum absolute atomic E-state index is 0.102. The molecule has 9 nitrogen and oxygen atoms in total. The third-order valence-electron chi connectivity index (χ3n) is 8.18. The quantitative estimate of drug-likeness (QED) is 0.251. The fourth-order valence-corrected chi connectivity index (χ4v) is 7.54. The second-order valence-electron chi connectivity index (χ2n) is 12.2. The minimum atomic E-state index is -3.89. The van der Waals surface area contributed by atoms with Crippen molar-refractivity contribution in [1.29, 1.82) is 0 Å². The fraction of sp³-hybridized carbons (Fsp3) is 0.429. The number of nitrogens with one attached hydrogen (secondary N) is 2. The van der Waals surface area contributed by atoms with Gasteiger partial charge in [0.25, 0.3) is 11.8 Å². The average molecular weight is 671 g/mol. The topological polar surface area (TPSA) is 119 Å². The Hall–Kier alpha value is -3.71. The van der Waals surface area contributed by atoms with E-state index < -0.39 is 45.8 Å². The highest BCUT2D eigenvalue weighted by atomic mass is 32.2. The Morgan fingerprint density at radius 3 is 2.28 bits per heavy atom. The van der Waals surface area contributed by atoms with E-state index in [-0.39, 0.29) is 48.0 Å². The Balaban J connectivity index is 1.62. The molecule has 3 N–H and O–H groups in total. The Labute approximate surface area is 276 Å². The summed E-state index contributed by atoms with van der Waals surface area (Å²) in [6, 6.07) is 12.5. The Morgan fingerprint density at radius 2 is 1.64 bits per heavy atom. The van der Waals surface area contributed by atoms with E-state index >= 15 is 0 Å². The van der Waals surface area contributed by atoms with Gasteiger partial charge in [0.15, 0.2) is 0 Å². The first-order valence-corrected chi connectivity index (χ1v) is 17.4. The van der Waals surface area contributed by atoms with Gasteiger partial charge in [0.2, 0.25) is 10.0 Å². The molecular formula is C35H44F2N4O5S. The van der Waals surface area contributed by atoms with Crippen LogP contribution in [-0.2, 0) is 16.4 Å². The number of hydrogen-bond donors (Lipinski definition) is 3. The summed E-state index contributed by atoms with van der Waals surface area (Å²) in [5, 5.41) is 17.6. The van der Waals surface area contributed by atoms with Crippen molar-refractivity contribution in [3.05, 3.63) is 100 Å². The van der Waals surface area contributed by atoms with Crippen LogP contribution in [0.15, 0.2) is 65.6 Å². The van der Waals surface area contributed by atoms with E-state index in [0.29, 0.717) is 24.2 Å². The highest BCUT2D eigenvalue weighted by Gasteiger charge is 2.37. The summed E-state index contributed by atoms with van der Waals surface area (Å²) in [4.78, 5) is 29.0. The van der Waals surface area contributed by atoms with E-state index in [1.54, 1.807) is 49.1 Å². The lowest BCUT2D eigenvalue weighted by Crippen LogP contribution is -2.62. The predicted octanol–water partition coefficient (Wildman–Crippen LogP) is 4.21. The number of aliphatic hydroxyl groups is 1. The van der Waals surface area contributed by atoms with Crippen LogP contribution in [0.4, 0.5) is 8.78 Å². The van der Waals surface area contributed by atoms with Crippen LogP contribution in [0.2, 0.25) is 0 Å². The molecule has 1 unspecified atom stereocenters. The molecular weight excluding hydrogens is 626 g/mol. The van der Waals surface area contributed by atoms with Gasteiger partial charge in [0.1, 0.15) is 11.6 Å². The molecule has 3 atom stereocenters. The zero-order valence-corrected chi connectivity index (χ0v) is 28.1. The van der Waals surface area contributed by atoms with E-state index in [4.69, 9.17) is 0 Å². The number of aliphatic hydroxyl groups excluding tert-OH is 1. The van der Waals surface area contributed by atoms with Crippen LogP contribution in [0.5, 0.6) is 0 Å². The van der Waals surface area contributed by atoms with E-state index in [0.717, 1.165) is 36.6 Å². The number of aryl methyl sites for hydroxylation is 2. The zero-order valence-electron chi connectivity index (χ0n) is 27.3. The van der Waals surface area contributed by atoms with Crippen LogP contribution >= 0.6 is 0 Å². The first-order valence-electron chi connectivity index (χ1n) is 16.0. The summed E-state index contributed by atoms with van der Waals surface area (Å²) in [7, 11) is -3.89. The molecule has 0 radical (unpaired) electrons. The molecule has 1 aliphatic rings. The van der Waals surface area contributed by atoms with Gasteiger partial charge in [-0.25, -0.2) is 17.2 Å². The molecule has 47 heavy (non-hydrogen) atoms. The van der Waals surface area contributed by atoms with Crippen LogP contribution in [0, 0.1) is 25.5 Å². The summed E-state index contributed by atoms with van der Waals surface area (Å²) < 4.78 is 56.6. The minimum Gasteiger partial charge on any atom is -0.389 e. The second-order valence-corrected chi connectivity index (χ2v) is 14.1. The van der Waals surface area contributed by atoms with Crippen molar-refractivity contribution in [1.82, 2.24) is 19.8 Å². The molecule has 1 fully saturated rings. The predicted molar refractivity (Wildman–Crippen MR) is 177 cm³/mol. The first kappa shape index (κ1) is 36.1. The number of amides is 2. The molecule has 1 saturated heterocycles. The van der Waals surface area contributed by atoms with Crippen LogP contribution in [0.1, 0.15) is 64.1 Å². The summed E-state index contributed by atoms with van der Waals surface area (Å²) in [5.41, 5.74) is 2.20. The maximum atomic E-state index is 14.2. The van der Waals surface area contributed by atoms with Crippen molar-refractivity contribution >= 4 is 21.8 Å². The summed E-state index contributed by atoms with van der Waals surface area (Å²) in [5.74, 6) is -2.41. The van der Waals surface area contributed by atoms with Crippen molar-refractivity contribution in [3.8, 4) is 0 Å². The normalized spacial score (nSPS) is 16.8. The number of carbonyl (C=O) groups excluding carboxylic acids is 2. The Morgan fingerprint density at radius 1 is 0.979 bits per heavy atom. The van der Waals surface area contributed by atoms with E-state index in [1.165, 1.54) is 16.4 Å². The van der Waals surface area contributed by atoms with Gasteiger partial charge in [-0.15, -0.1) is 0 Å². The van der Waals surface area contributed by atoms with Gasteiger partial charge >= 0.3 is 0 Å². The molecule has 0 aliphatic carbocycles. The number of nitrogens with zero attached hydrogens (tertiary/aromatic N) is 2. The van der Waals surface area contributed by atoms with Crippen molar-refractivity contribution in [2.45, 2.75) is 70.0 Å². The SMILES string of the molecule is CCCN(CCC)C(=O)c1cc(C)cc(C(=O)N[C@@H](Cc2cc(F)cc(F)c2)C(O)[C@H]2CN(S(=O)(=O)c3cccc(C)c3)CCN2)c1. The fourth-order valence-electron chi connectivity index (χ4n) is 5.97. The molecule has 0 aromatic heterocycles. The summed E-state index contributed by atoms with van der Waals surface area (Å²) in [6.45, 7) is 8.99. The molecule has 1 aliphatic heterocycles. The number of halogens is 2. The van der Waals surface area contributed by atoms with E-state index in [9.17, 15) is 31.9 Å². The molecule has 0 bridgehead atoms. The Bertz CT molecular complexity index is 1660. The average Bonchev–Trinajstić information content (AvgIpc) is 3.03. The summed E-state index contributed by atoms with van der Waals surface area (Å²) >= 11 is 0. The molecule has 3 aromatic rings. The summed E-state index contributed by atoms with van der Waals surface area (Å²) in [6.07, 6.45) is 0.0491. The lowest BCUT2D eigenvalue weighted by Gasteiger charge is -2.38. The molecule has 12 heteroatoms. The first-order chi connectivity index (χ1) is 22.3. The molecule has 0 saturated carbocycles. The third-order valence-corrected chi connectivity index (χ3v) is 10.0. The smallest absolute Gasteiger partial charge is 0.253 e. The number of benzene rings is 3. The van der Waals surface area contributed by atoms with E-state index in [1.807, 2.05) is 13.8 Å². The molecule has 2 amide bonds. The van der Waals surface area contributed by atoms with Crippen molar-refractivity contribution in [2.75, 3.05) is 32.7 Å².